The second kappa shape index (κ2) is 16.6. The molecule has 2 N–H and O–H groups in total. The van der Waals surface area contributed by atoms with E-state index in [1.807, 2.05) is 13.8 Å². The Bertz CT molecular complexity index is 146. The van der Waals surface area contributed by atoms with Gasteiger partial charge >= 0.3 is 21.1 Å². The maximum Gasteiger partial charge on any atom is 2.00 e. The van der Waals surface area contributed by atoms with Crippen molar-refractivity contribution in [2.45, 2.75) is 27.2 Å². The van der Waals surface area contributed by atoms with Crippen molar-refractivity contribution in [1.29, 1.82) is 0 Å². The van der Waals surface area contributed by atoms with E-state index in [0.29, 0.717) is 13.3 Å². The van der Waals surface area contributed by atoms with E-state index in [2.05, 4.69) is 24.6 Å². The first kappa shape index (κ1) is 17.5. The van der Waals surface area contributed by atoms with Crippen LogP contribution in [0.1, 0.15) is 28.5 Å². The first-order valence-electron chi connectivity index (χ1n) is 5.67. The largest absolute Gasteiger partial charge is 2.00 e. The summed E-state index contributed by atoms with van der Waals surface area (Å²) in [7, 11) is 3.35. The van der Waals surface area contributed by atoms with Crippen LogP contribution in [-0.4, -0.2) is 25.4 Å². The van der Waals surface area contributed by atoms with Crippen LogP contribution in [0.5, 0.6) is 0 Å². The second-order valence-corrected chi connectivity index (χ2v) is 3.02. The summed E-state index contributed by atoms with van der Waals surface area (Å²) in [5.74, 6) is 0.0695. The molecule has 1 unspecified atom stereocenters. The molecule has 90 valence electrons. The number of Topliss-reactive ketones (excluding diaryl/α,β-unsaturated/α-hetero) is 1. The Labute approximate surface area is 110 Å². The van der Waals surface area contributed by atoms with E-state index >= 15 is 0 Å². The molecule has 0 aliphatic heterocycles. The van der Waals surface area contributed by atoms with Gasteiger partial charge in [0.25, 0.3) is 0 Å². The zero-order valence-electron chi connectivity index (χ0n) is 10.8. The van der Waals surface area contributed by atoms with Gasteiger partial charge in [0, 0.05) is 1.37 Å². The Kier molecular flexibility index (Phi) is 19.4. The average molecular weight is 385 g/mol. The van der Waals surface area contributed by atoms with Crippen LogP contribution < -0.4 is 10.6 Å². The van der Waals surface area contributed by atoms with E-state index in [9.17, 15) is 4.79 Å². The monoisotopic (exact) mass is 385 g/mol. The molecule has 0 radical (unpaired) electrons. The minimum atomic E-state index is -0.0693. The van der Waals surface area contributed by atoms with E-state index < -0.39 is 0 Å². The molecule has 0 aromatic rings. The van der Waals surface area contributed by atoms with Gasteiger partial charge in [-0.05, 0) is 37.8 Å². The number of rotatable bonds is 6. The summed E-state index contributed by atoms with van der Waals surface area (Å²) in [4.78, 5) is 10.6. The molecular weight excluding hydrogens is 360 g/mol. The van der Waals surface area contributed by atoms with Crippen LogP contribution in [-0.2, 0) is 25.9 Å². The summed E-state index contributed by atoms with van der Waals surface area (Å²) in [6, 6.07) is 0. The van der Waals surface area contributed by atoms with Gasteiger partial charge in [-0.2, -0.15) is 0 Å². The predicted molar refractivity (Wildman–Crippen MR) is 61.7 cm³/mol. The summed E-state index contributed by atoms with van der Waals surface area (Å²) in [5.41, 5.74) is 0. The molecule has 15 heavy (non-hydrogen) atoms. The summed E-state index contributed by atoms with van der Waals surface area (Å²) >= 11 is 0. The zero-order chi connectivity index (χ0) is 12.1. The van der Waals surface area contributed by atoms with E-state index in [-0.39, 0.29) is 32.8 Å². The van der Waals surface area contributed by atoms with Gasteiger partial charge in [0.2, 0.25) is 0 Å². The molecular formula is C11H24N2OW. The third-order valence-electron chi connectivity index (χ3n) is 1.45. The molecule has 0 aromatic heterocycles. The van der Waals surface area contributed by atoms with Crippen molar-refractivity contribution in [2.75, 3.05) is 19.6 Å². The van der Waals surface area contributed by atoms with Crippen molar-refractivity contribution in [3.05, 3.63) is 14.0 Å². The van der Waals surface area contributed by atoms with E-state index in [1.54, 1.807) is 0 Å². The molecule has 0 aliphatic carbocycles. The fourth-order valence-corrected chi connectivity index (χ4v) is 0.743. The van der Waals surface area contributed by atoms with E-state index in [4.69, 9.17) is 1.37 Å². The van der Waals surface area contributed by atoms with Gasteiger partial charge in [-0.1, -0.05) is 20.7 Å². The molecule has 1 atom stereocenters. The summed E-state index contributed by atoms with van der Waals surface area (Å²) in [6.07, 6.45) is 0.427. The van der Waals surface area contributed by atoms with Crippen LogP contribution in [0.25, 0.3) is 0 Å². The van der Waals surface area contributed by atoms with Gasteiger partial charge in [0.1, 0.15) is 0 Å². The standard InChI is InChI=1S/C8H16NO.C3H8N.W/c1-4-9-6-7(2)5-8(3)10;1-3-4-2;/h7,9H,3-6H2,1-2H3;4H,2-3H2,1H3;/q2*-1;+2/i2D;;. The zero-order valence-corrected chi connectivity index (χ0v) is 12.8. The summed E-state index contributed by atoms with van der Waals surface area (Å²) < 4.78 is 7.11. The van der Waals surface area contributed by atoms with Crippen molar-refractivity contribution >= 4 is 5.78 Å². The quantitative estimate of drug-likeness (QED) is 0.680. The van der Waals surface area contributed by atoms with Crippen molar-refractivity contribution in [3.63, 3.8) is 0 Å². The smallest absolute Gasteiger partial charge is 0.473 e. The molecule has 0 rings (SSSR count). The molecule has 0 saturated carbocycles. The third kappa shape index (κ3) is 24.9. The second-order valence-electron chi connectivity index (χ2n) is 3.02. The number of nitrogens with one attached hydrogen (secondary N) is 2. The molecule has 0 aliphatic rings. The van der Waals surface area contributed by atoms with Crippen LogP contribution in [0.2, 0.25) is 0 Å². The molecule has 4 heteroatoms. The van der Waals surface area contributed by atoms with Crippen LogP contribution in [0.3, 0.4) is 0 Å². The number of ketones is 1. The van der Waals surface area contributed by atoms with Crippen molar-refractivity contribution in [2.24, 2.45) is 5.92 Å². The molecule has 3 nitrogen and oxygen atoms in total. The van der Waals surface area contributed by atoms with Gasteiger partial charge in [-0.15, -0.1) is 0 Å². The Balaban J connectivity index is -0.000000292. The molecule has 0 amide bonds. The maximum atomic E-state index is 10.6. The van der Waals surface area contributed by atoms with Crippen molar-refractivity contribution < 1.29 is 27.2 Å². The summed E-state index contributed by atoms with van der Waals surface area (Å²) in [5, 5.41) is 5.79. The fourth-order valence-electron chi connectivity index (χ4n) is 0.743. The van der Waals surface area contributed by atoms with Gasteiger partial charge in [0.05, 0.1) is 0 Å². The molecule has 0 spiro atoms. The van der Waals surface area contributed by atoms with Crippen molar-refractivity contribution in [1.82, 2.24) is 10.6 Å². The minimum Gasteiger partial charge on any atom is -0.473 e. The topological polar surface area (TPSA) is 41.1 Å². The molecule has 0 fully saturated rings. The molecule has 0 heterocycles. The number of hydrogen-bond donors (Lipinski definition) is 2. The van der Waals surface area contributed by atoms with Gasteiger partial charge in [-0.3, -0.25) is 7.05 Å². The molecule has 0 saturated heterocycles. The Hall–Kier alpha value is 0.148. The van der Waals surface area contributed by atoms with Crippen LogP contribution >= 0.6 is 0 Å². The first-order valence-corrected chi connectivity index (χ1v) is 4.96. The molecule has 0 bridgehead atoms. The normalized spacial score (nSPS) is 11.5. The van der Waals surface area contributed by atoms with Gasteiger partial charge < -0.3 is 22.4 Å². The SMILES string of the molecule is [2H]CC(CNCC)CC([CH2-])=O.[CH2-]NCC.[W+2]. The Morgan fingerprint density at radius 3 is 2.27 bits per heavy atom. The minimum absolute atomic E-state index is 0. The van der Waals surface area contributed by atoms with E-state index in [1.165, 1.54) is 0 Å². The van der Waals surface area contributed by atoms with Gasteiger partial charge in [-0.25, -0.2) is 0 Å². The number of hydrogen-bond acceptors (Lipinski definition) is 3. The Morgan fingerprint density at radius 1 is 1.47 bits per heavy atom. The number of carbonyl (C=O) groups excluding carboxylic acids is 1. The molecule has 0 aromatic carbocycles. The summed E-state index contributed by atoms with van der Waals surface area (Å²) in [6.45, 7) is 10.2. The average Bonchev–Trinajstić information content (AvgIpc) is 2.24. The maximum absolute atomic E-state index is 10.6. The predicted octanol–water partition coefficient (Wildman–Crippen LogP) is 1.41. The fraction of sp³-hybridized carbons (Fsp3) is 0.727. The van der Waals surface area contributed by atoms with Crippen LogP contribution in [0.15, 0.2) is 0 Å². The third-order valence-corrected chi connectivity index (χ3v) is 1.45. The van der Waals surface area contributed by atoms with E-state index in [0.717, 1.165) is 19.6 Å². The number of carbonyl (C=O) groups is 1. The van der Waals surface area contributed by atoms with Crippen LogP contribution in [0.4, 0.5) is 0 Å². The van der Waals surface area contributed by atoms with Gasteiger partial charge in [0.15, 0.2) is 0 Å². The van der Waals surface area contributed by atoms with Crippen LogP contribution in [0, 0.1) is 19.9 Å². The first-order chi connectivity index (χ1) is 7.12. The Morgan fingerprint density at radius 2 is 2.00 bits per heavy atom. The van der Waals surface area contributed by atoms with Crippen molar-refractivity contribution in [3.8, 4) is 0 Å².